The largest absolute Gasteiger partial charge is 0.454 e. The molecule has 8 nitrogen and oxygen atoms in total. The lowest BCUT2D eigenvalue weighted by Gasteiger charge is -2.09. The number of nitrogens with zero attached hydrogens (tertiary/aromatic N) is 3. The smallest absolute Gasteiger partial charge is 0.277 e. The summed E-state index contributed by atoms with van der Waals surface area (Å²) < 4.78 is 24.9. The predicted octanol–water partition coefficient (Wildman–Crippen LogP) is 2.59. The summed E-state index contributed by atoms with van der Waals surface area (Å²) in [6.45, 7) is 1.44. The van der Waals surface area contributed by atoms with Gasteiger partial charge in [0.25, 0.3) is 5.91 Å². The molecule has 0 bridgehead atoms. The molecule has 1 aliphatic heterocycles. The van der Waals surface area contributed by atoms with Crippen LogP contribution in [0.25, 0.3) is 5.69 Å². The molecule has 1 amide bonds. The number of amides is 1. The number of fused-ring (bicyclic) bond motifs is 1. The highest BCUT2D eigenvalue weighted by atomic mass is 19.1. The molecular formula is C18H13FN4O4. The molecule has 136 valence electrons. The van der Waals surface area contributed by atoms with Gasteiger partial charge in [-0.15, -0.1) is 5.10 Å². The third-order valence-electron chi connectivity index (χ3n) is 3.96. The van der Waals surface area contributed by atoms with Gasteiger partial charge in [-0.05, 0) is 37.3 Å². The van der Waals surface area contributed by atoms with Crippen molar-refractivity contribution in [3.8, 4) is 17.2 Å². The normalized spacial score (nSPS) is 12.1. The van der Waals surface area contributed by atoms with E-state index < -0.39 is 5.91 Å². The van der Waals surface area contributed by atoms with Gasteiger partial charge in [0.15, 0.2) is 23.0 Å². The Balaban J connectivity index is 1.60. The third kappa shape index (κ3) is 3.22. The summed E-state index contributed by atoms with van der Waals surface area (Å²) in [6, 6.07) is 8.64. The van der Waals surface area contributed by atoms with Crippen molar-refractivity contribution < 1.29 is 23.5 Å². The summed E-state index contributed by atoms with van der Waals surface area (Å²) in [6.07, 6.45) is 1.41. The first-order chi connectivity index (χ1) is 13.0. The summed E-state index contributed by atoms with van der Waals surface area (Å²) in [5.41, 5.74) is 1.16. The fourth-order valence-electron chi connectivity index (χ4n) is 2.61. The second kappa shape index (κ2) is 6.52. The van der Waals surface area contributed by atoms with Gasteiger partial charge >= 0.3 is 0 Å². The van der Waals surface area contributed by atoms with Gasteiger partial charge in [-0.3, -0.25) is 9.59 Å². The maximum atomic E-state index is 13.0. The maximum absolute atomic E-state index is 13.0. The summed E-state index contributed by atoms with van der Waals surface area (Å²) in [7, 11) is 0. The number of carbonyl (C=O) groups excluding carboxylic acids is 2. The molecule has 3 aromatic rings. The highest BCUT2D eigenvalue weighted by molar-refractivity contribution is 6.08. The number of hydrogen-bond donors (Lipinski definition) is 1. The quantitative estimate of drug-likeness (QED) is 0.711. The molecule has 0 atom stereocenters. The Bertz CT molecular complexity index is 1050. The van der Waals surface area contributed by atoms with Crippen LogP contribution in [0.2, 0.25) is 0 Å². The van der Waals surface area contributed by atoms with Crippen molar-refractivity contribution in [1.82, 2.24) is 15.0 Å². The van der Waals surface area contributed by atoms with Gasteiger partial charge in [-0.2, -0.15) is 0 Å². The van der Waals surface area contributed by atoms with Crippen LogP contribution < -0.4 is 14.8 Å². The van der Waals surface area contributed by atoms with Crippen molar-refractivity contribution in [1.29, 1.82) is 0 Å². The number of nitrogens with one attached hydrogen (secondary N) is 1. The number of anilines is 1. The van der Waals surface area contributed by atoms with Gasteiger partial charge in [0, 0.05) is 11.6 Å². The van der Waals surface area contributed by atoms with E-state index >= 15 is 0 Å². The summed E-state index contributed by atoms with van der Waals surface area (Å²) in [4.78, 5) is 24.4. The number of benzene rings is 2. The molecule has 0 unspecified atom stereocenters. The van der Waals surface area contributed by atoms with Crippen molar-refractivity contribution in [3.05, 3.63) is 59.7 Å². The molecule has 0 spiro atoms. The Morgan fingerprint density at radius 3 is 2.56 bits per heavy atom. The van der Waals surface area contributed by atoms with E-state index in [-0.39, 0.29) is 29.8 Å². The van der Waals surface area contributed by atoms with Gasteiger partial charge in [-0.25, -0.2) is 9.07 Å². The van der Waals surface area contributed by atoms with E-state index in [4.69, 9.17) is 9.47 Å². The van der Waals surface area contributed by atoms with Crippen molar-refractivity contribution in [2.75, 3.05) is 12.1 Å². The summed E-state index contributed by atoms with van der Waals surface area (Å²) >= 11 is 0. The first-order valence-electron chi connectivity index (χ1n) is 7.95. The van der Waals surface area contributed by atoms with E-state index in [1.165, 1.54) is 54.2 Å². The molecule has 0 fully saturated rings. The molecule has 1 N–H and O–H groups in total. The van der Waals surface area contributed by atoms with E-state index in [9.17, 15) is 14.0 Å². The monoisotopic (exact) mass is 368 g/mol. The molecule has 0 saturated heterocycles. The molecule has 0 saturated carbocycles. The fourth-order valence-corrected chi connectivity index (χ4v) is 2.61. The van der Waals surface area contributed by atoms with Crippen LogP contribution in [0, 0.1) is 5.82 Å². The lowest BCUT2D eigenvalue weighted by Crippen LogP contribution is -2.15. The molecule has 2 aromatic carbocycles. The zero-order valence-electron chi connectivity index (χ0n) is 14.1. The Morgan fingerprint density at radius 1 is 1.15 bits per heavy atom. The second-order valence-corrected chi connectivity index (χ2v) is 5.79. The lowest BCUT2D eigenvalue weighted by atomic mass is 10.1. The topological polar surface area (TPSA) is 95.3 Å². The standard InChI is InChI=1S/C18H13FN4O4/c1-10(24)13-6-16-17(27-9-26-16)7-14(13)20-18(25)15-8-23(22-21-15)12-4-2-11(19)3-5-12/h2-8H,9H2,1H3,(H,20,25). The zero-order chi connectivity index (χ0) is 19.0. The highest BCUT2D eigenvalue weighted by Gasteiger charge is 2.21. The lowest BCUT2D eigenvalue weighted by molar-refractivity contribution is 0.101. The highest BCUT2D eigenvalue weighted by Crippen LogP contribution is 2.37. The predicted molar refractivity (Wildman–Crippen MR) is 91.8 cm³/mol. The third-order valence-corrected chi connectivity index (χ3v) is 3.96. The van der Waals surface area contributed by atoms with E-state index in [1.807, 2.05) is 0 Å². The minimum absolute atomic E-state index is 0.0338. The van der Waals surface area contributed by atoms with E-state index in [0.717, 1.165) is 0 Å². The van der Waals surface area contributed by atoms with Gasteiger partial charge < -0.3 is 14.8 Å². The maximum Gasteiger partial charge on any atom is 0.277 e. The molecule has 1 aliphatic rings. The van der Waals surface area contributed by atoms with E-state index in [0.29, 0.717) is 22.7 Å². The Kier molecular flexibility index (Phi) is 4.03. The zero-order valence-corrected chi connectivity index (χ0v) is 14.1. The molecule has 0 radical (unpaired) electrons. The number of halogens is 1. The van der Waals surface area contributed by atoms with Crippen molar-refractivity contribution in [2.24, 2.45) is 0 Å². The number of rotatable bonds is 4. The minimum atomic E-state index is -0.551. The van der Waals surface area contributed by atoms with Crippen LogP contribution in [-0.4, -0.2) is 33.5 Å². The van der Waals surface area contributed by atoms with Crippen LogP contribution in [0.1, 0.15) is 27.8 Å². The minimum Gasteiger partial charge on any atom is -0.454 e. The molecule has 2 heterocycles. The first-order valence-corrected chi connectivity index (χ1v) is 7.95. The molecule has 1 aromatic heterocycles. The molecule has 4 rings (SSSR count). The van der Waals surface area contributed by atoms with Crippen molar-refractivity contribution in [2.45, 2.75) is 6.92 Å². The van der Waals surface area contributed by atoms with Crippen LogP contribution >= 0.6 is 0 Å². The second-order valence-electron chi connectivity index (χ2n) is 5.79. The van der Waals surface area contributed by atoms with Crippen LogP contribution in [0.3, 0.4) is 0 Å². The van der Waals surface area contributed by atoms with Crippen molar-refractivity contribution >= 4 is 17.4 Å². The number of carbonyl (C=O) groups is 2. The summed E-state index contributed by atoms with van der Waals surface area (Å²) in [5, 5.41) is 10.3. The first kappa shape index (κ1) is 16.7. The Hall–Kier alpha value is -3.75. The van der Waals surface area contributed by atoms with Gasteiger partial charge in [0.1, 0.15) is 5.82 Å². The number of Topliss-reactive ketones (excluding diaryl/α,β-unsaturated/α-hetero) is 1. The molecular weight excluding hydrogens is 355 g/mol. The average molecular weight is 368 g/mol. The van der Waals surface area contributed by atoms with Crippen LogP contribution in [-0.2, 0) is 0 Å². The van der Waals surface area contributed by atoms with Gasteiger partial charge in [0.05, 0.1) is 17.6 Å². The SMILES string of the molecule is CC(=O)c1cc2c(cc1NC(=O)c1cn(-c3ccc(F)cc3)nn1)OCO2. The molecule has 9 heteroatoms. The Labute approximate surface area is 152 Å². The number of aromatic nitrogens is 3. The number of hydrogen-bond acceptors (Lipinski definition) is 6. The Morgan fingerprint density at radius 2 is 1.85 bits per heavy atom. The van der Waals surface area contributed by atoms with Crippen LogP contribution in [0.5, 0.6) is 11.5 Å². The summed E-state index contributed by atoms with van der Waals surface area (Å²) in [5.74, 6) is -0.287. The van der Waals surface area contributed by atoms with Gasteiger partial charge in [0.2, 0.25) is 6.79 Å². The van der Waals surface area contributed by atoms with Crippen LogP contribution in [0.4, 0.5) is 10.1 Å². The molecule has 27 heavy (non-hydrogen) atoms. The van der Waals surface area contributed by atoms with E-state index in [1.54, 1.807) is 0 Å². The van der Waals surface area contributed by atoms with Crippen LogP contribution in [0.15, 0.2) is 42.6 Å². The average Bonchev–Trinajstić information content (AvgIpc) is 3.30. The van der Waals surface area contributed by atoms with Gasteiger partial charge in [-0.1, -0.05) is 5.21 Å². The fraction of sp³-hybridized carbons (Fsp3) is 0.111. The van der Waals surface area contributed by atoms with E-state index in [2.05, 4.69) is 15.6 Å². The number of ether oxygens (including phenoxy) is 2. The molecule has 0 aliphatic carbocycles. The number of ketones is 1. The van der Waals surface area contributed by atoms with Crippen molar-refractivity contribution in [3.63, 3.8) is 0 Å².